The lowest BCUT2D eigenvalue weighted by molar-refractivity contribution is -0.112. The predicted octanol–water partition coefficient (Wildman–Crippen LogP) is 1.58. The second-order valence-corrected chi connectivity index (χ2v) is 2.43. The highest BCUT2D eigenvalue weighted by atomic mass is 16.1. The zero-order valence-corrected chi connectivity index (χ0v) is 6.95. The quantitative estimate of drug-likeness (QED) is 0.657. The van der Waals surface area contributed by atoms with Gasteiger partial charge in [0.2, 0.25) is 5.91 Å². The molecule has 1 rings (SSSR count). The summed E-state index contributed by atoms with van der Waals surface area (Å²) in [7, 11) is 0. The molecule has 1 amide bonds. The summed E-state index contributed by atoms with van der Waals surface area (Å²) >= 11 is 0. The van der Waals surface area contributed by atoms with Gasteiger partial charge in [-0.05, 0) is 12.5 Å². The van der Waals surface area contributed by atoms with Gasteiger partial charge < -0.3 is 5.73 Å². The minimum atomic E-state index is -0.385. The molecule has 2 N–H and O–H groups in total. The second kappa shape index (κ2) is 3.72. The zero-order chi connectivity index (χ0) is 8.97. The molecule has 0 bridgehead atoms. The van der Waals surface area contributed by atoms with Crippen LogP contribution in [-0.4, -0.2) is 5.91 Å². The Balaban J connectivity index is 3.05. The molecule has 0 saturated heterocycles. The maximum Gasteiger partial charge on any atom is 0.248 e. The monoisotopic (exact) mass is 161 g/mol. The van der Waals surface area contributed by atoms with Gasteiger partial charge in [-0.25, -0.2) is 0 Å². The van der Waals surface area contributed by atoms with Crippen LogP contribution in [0.4, 0.5) is 0 Å². The third-order valence-corrected chi connectivity index (χ3v) is 1.64. The van der Waals surface area contributed by atoms with E-state index in [1.807, 2.05) is 30.3 Å². The van der Waals surface area contributed by atoms with Crippen LogP contribution in [0.3, 0.4) is 0 Å². The number of nitrogens with two attached hydrogens (primary N) is 1. The first-order chi connectivity index (χ1) is 5.75. The van der Waals surface area contributed by atoms with Crippen molar-refractivity contribution in [1.29, 1.82) is 0 Å². The van der Waals surface area contributed by atoms with Crippen LogP contribution in [0.1, 0.15) is 12.5 Å². The van der Waals surface area contributed by atoms with Gasteiger partial charge in [-0.2, -0.15) is 0 Å². The first-order valence-corrected chi connectivity index (χ1v) is 3.77. The third kappa shape index (κ3) is 1.72. The smallest absolute Gasteiger partial charge is 0.248 e. The molecule has 0 aliphatic carbocycles. The SMILES string of the molecule is CC=C(C(N)=O)c1ccccc1. The van der Waals surface area contributed by atoms with E-state index in [4.69, 9.17) is 5.73 Å². The Morgan fingerprint density at radius 3 is 2.33 bits per heavy atom. The molecule has 12 heavy (non-hydrogen) atoms. The van der Waals surface area contributed by atoms with Gasteiger partial charge >= 0.3 is 0 Å². The Morgan fingerprint density at radius 2 is 1.92 bits per heavy atom. The molecule has 0 saturated carbocycles. The van der Waals surface area contributed by atoms with Crippen molar-refractivity contribution < 1.29 is 4.79 Å². The predicted molar refractivity (Wildman–Crippen MR) is 49.3 cm³/mol. The van der Waals surface area contributed by atoms with Gasteiger partial charge in [-0.3, -0.25) is 4.79 Å². The first kappa shape index (κ1) is 8.53. The van der Waals surface area contributed by atoms with E-state index in [-0.39, 0.29) is 5.91 Å². The fourth-order valence-electron chi connectivity index (χ4n) is 1.07. The normalized spacial score (nSPS) is 11.2. The molecule has 0 radical (unpaired) electrons. The Labute approximate surface area is 71.7 Å². The highest BCUT2D eigenvalue weighted by Crippen LogP contribution is 2.12. The molecule has 0 spiro atoms. The lowest BCUT2D eigenvalue weighted by Gasteiger charge is -2.00. The number of rotatable bonds is 2. The zero-order valence-electron chi connectivity index (χ0n) is 6.95. The van der Waals surface area contributed by atoms with Crippen molar-refractivity contribution in [2.45, 2.75) is 6.92 Å². The maximum atomic E-state index is 10.9. The minimum Gasteiger partial charge on any atom is -0.366 e. The molecular formula is C10H11NO. The Hall–Kier alpha value is -1.57. The van der Waals surface area contributed by atoms with Crippen LogP contribution in [0.5, 0.6) is 0 Å². The van der Waals surface area contributed by atoms with Crippen LogP contribution in [0.2, 0.25) is 0 Å². The summed E-state index contributed by atoms with van der Waals surface area (Å²) in [5, 5.41) is 0. The Bertz CT molecular complexity index is 301. The van der Waals surface area contributed by atoms with Gasteiger partial charge in [0.15, 0.2) is 0 Å². The number of benzene rings is 1. The first-order valence-electron chi connectivity index (χ1n) is 3.77. The van der Waals surface area contributed by atoms with Crippen LogP contribution >= 0.6 is 0 Å². The van der Waals surface area contributed by atoms with E-state index in [0.29, 0.717) is 5.57 Å². The van der Waals surface area contributed by atoms with Crippen LogP contribution in [0.25, 0.3) is 5.57 Å². The second-order valence-electron chi connectivity index (χ2n) is 2.43. The number of allylic oxidation sites excluding steroid dienone is 1. The minimum absolute atomic E-state index is 0.385. The number of hydrogen-bond acceptors (Lipinski definition) is 1. The number of hydrogen-bond donors (Lipinski definition) is 1. The van der Waals surface area contributed by atoms with E-state index in [1.54, 1.807) is 13.0 Å². The number of carbonyl (C=O) groups is 1. The Kier molecular flexibility index (Phi) is 2.64. The molecule has 0 aliphatic heterocycles. The molecular weight excluding hydrogens is 150 g/mol. The van der Waals surface area contributed by atoms with Crippen molar-refractivity contribution >= 4 is 11.5 Å². The van der Waals surface area contributed by atoms with E-state index in [9.17, 15) is 4.79 Å². The van der Waals surface area contributed by atoms with Crippen molar-refractivity contribution in [3.63, 3.8) is 0 Å². The number of primary amides is 1. The molecule has 2 heteroatoms. The maximum absolute atomic E-state index is 10.9. The molecule has 1 aromatic rings. The van der Waals surface area contributed by atoms with Gasteiger partial charge in [0, 0.05) is 5.57 Å². The topological polar surface area (TPSA) is 43.1 Å². The van der Waals surface area contributed by atoms with E-state index < -0.39 is 0 Å². The van der Waals surface area contributed by atoms with E-state index in [1.165, 1.54) is 0 Å². The van der Waals surface area contributed by atoms with Crippen molar-refractivity contribution in [2.24, 2.45) is 5.73 Å². The standard InChI is InChI=1S/C10H11NO/c1-2-9(10(11)12)8-6-4-3-5-7-8/h2-7H,1H3,(H2,11,12). The largest absolute Gasteiger partial charge is 0.366 e. The molecule has 0 atom stereocenters. The third-order valence-electron chi connectivity index (χ3n) is 1.64. The average molecular weight is 161 g/mol. The molecule has 62 valence electrons. The van der Waals surface area contributed by atoms with E-state index in [0.717, 1.165) is 5.56 Å². The summed E-state index contributed by atoms with van der Waals surface area (Å²) in [5.41, 5.74) is 6.61. The molecule has 0 aliphatic rings. The summed E-state index contributed by atoms with van der Waals surface area (Å²) in [5.74, 6) is -0.385. The van der Waals surface area contributed by atoms with Crippen molar-refractivity contribution in [1.82, 2.24) is 0 Å². The molecule has 0 heterocycles. The molecule has 0 fully saturated rings. The fourth-order valence-corrected chi connectivity index (χ4v) is 1.07. The summed E-state index contributed by atoms with van der Waals surface area (Å²) < 4.78 is 0. The van der Waals surface area contributed by atoms with E-state index >= 15 is 0 Å². The van der Waals surface area contributed by atoms with Crippen LogP contribution in [0.15, 0.2) is 36.4 Å². The fraction of sp³-hybridized carbons (Fsp3) is 0.100. The van der Waals surface area contributed by atoms with Crippen molar-refractivity contribution in [2.75, 3.05) is 0 Å². The lowest BCUT2D eigenvalue weighted by atomic mass is 10.1. The highest BCUT2D eigenvalue weighted by molar-refractivity contribution is 6.18. The van der Waals surface area contributed by atoms with Gasteiger partial charge in [-0.15, -0.1) is 0 Å². The van der Waals surface area contributed by atoms with Gasteiger partial charge in [0.1, 0.15) is 0 Å². The summed E-state index contributed by atoms with van der Waals surface area (Å²) in [6.07, 6.45) is 1.72. The molecule has 2 nitrogen and oxygen atoms in total. The average Bonchev–Trinajstić information content (AvgIpc) is 2.07. The van der Waals surface area contributed by atoms with E-state index in [2.05, 4.69) is 0 Å². The molecule has 0 aromatic heterocycles. The van der Waals surface area contributed by atoms with Crippen molar-refractivity contribution in [3.05, 3.63) is 42.0 Å². The van der Waals surface area contributed by atoms with Gasteiger partial charge in [-0.1, -0.05) is 36.4 Å². The Morgan fingerprint density at radius 1 is 1.33 bits per heavy atom. The summed E-state index contributed by atoms with van der Waals surface area (Å²) in [6.45, 7) is 1.80. The van der Waals surface area contributed by atoms with Gasteiger partial charge in [0.05, 0.1) is 0 Å². The highest BCUT2D eigenvalue weighted by Gasteiger charge is 2.04. The summed E-state index contributed by atoms with van der Waals surface area (Å²) in [4.78, 5) is 10.9. The van der Waals surface area contributed by atoms with Crippen molar-refractivity contribution in [3.8, 4) is 0 Å². The lowest BCUT2D eigenvalue weighted by Crippen LogP contribution is -2.12. The van der Waals surface area contributed by atoms with Crippen LogP contribution in [0, 0.1) is 0 Å². The molecule has 1 aromatic carbocycles. The van der Waals surface area contributed by atoms with Crippen LogP contribution < -0.4 is 5.73 Å². The van der Waals surface area contributed by atoms with Gasteiger partial charge in [0.25, 0.3) is 0 Å². The summed E-state index contributed by atoms with van der Waals surface area (Å²) in [6, 6.07) is 9.38. The number of carbonyl (C=O) groups excluding carboxylic acids is 1. The van der Waals surface area contributed by atoms with Crippen LogP contribution in [-0.2, 0) is 4.79 Å². The molecule has 0 unspecified atom stereocenters. The number of amides is 1.